The molecular weight excluding hydrogens is 2090 g/mol. The van der Waals surface area contributed by atoms with Crippen molar-refractivity contribution in [1.29, 1.82) is 0 Å². The summed E-state index contributed by atoms with van der Waals surface area (Å²) in [7, 11) is 0. The van der Waals surface area contributed by atoms with Gasteiger partial charge in [0, 0.05) is 127 Å². The number of anilines is 2. The standard InChI is InChI=1S/C20H22N4O3S.C18H18N4O3S.2C14H10ClN3O3S.2C12H6ClN3O3S.9CH4/c1-4-27-19(26)15-11-24(20-21-7-8-28-20)18-14(17(15)25)5-6-16(22-18)23-9-12(2)13(3)10-23;1-10-7-21(8-11(10)2)14-4-3-12-15(23)13(17(24)25)9-22(16(12)20-14)18-19-5-6-26-18;2*1-2-21-13(20)9-7-18(14-16-5-6-22-14)12-8(11(9)19)3-4-10(15)17-12;13-8-2-1-6-9(18)7(5-17)11(19)16(10(6)15-8)12-14-3-4-20-12;13-8-2-1-6-9(17)7(11(18)19)5-16(10(6)15-8)12-14-3-4-20-12;;;;;;;;;/h5-8,11-13H,4,9-10H2,1-3H3;3-6,9-11H,7-8H2,1-2H3,(H,24,25);2*3-7H,2H2,1H3;1-5,18H;1-5H,(H,18,19);9*1H4/t12-,13-;10-,11-;;;;;;;;;;;;;/m00............./s1. The second-order valence-electron chi connectivity index (χ2n) is 30.2. The summed E-state index contributed by atoms with van der Waals surface area (Å²) in [6.45, 7) is 18.3. The maximum Gasteiger partial charge on any atom is 0.343 e. The van der Waals surface area contributed by atoms with Crippen molar-refractivity contribution in [2.75, 3.05) is 55.8 Å². The van der Waals surface area contributed by atoms with Crippen LogP contribution in [0, 0.1) is 23.7 Å². The molecule has 18 aromatic rings. The Balaban J connectivity index is 0.000000267. The molecule has 0 amide bonds. The zero-order chi connectivity index (χ0) is 98.2. The van der Waals surface area contributed by atoms with Gasteiger partial charge in [0.15, 0.2) is 71.0 Å². The van der Waals surface area contributed by atoms with E-state index in [1.807, 2.05) is 11.4 Å². The van der Waals surface area contributed by atoms with E-state index in [1.165, 1.54) is 146 Å². The molecule has 147 heavy (non-hydrogen) atoms. The molecule has 776 valence electrons. The molecule has 20 rings (SSSR count). The van der Waals surface area contributed by atoms with Crippen LogP contribution >= 0.6 is 114 Å². The second-order valence-corrected chi connectivity index (χ2v) is 37.0. The van der Waals surface area contributed by atoms with Crippen LogP contribution in [0.4, 0.5) is 11.6 Å². The molecule has 3 N–H and O–H groups in total. The van der Waals surface area contributed by atoms with E-state index in [0.29, 0.717) is 88.7 Å². The van der Waals surface area contributed by atoms with Crippen molar-refractivity contribution in [2.24, 2.45) is 23.7 Å². The number of aromatic carboxylic acids is 2. The number of rotatable bonds is 17. The number of carboxylic acids is 2. The smallest absolute Gasteiger partial charge is 0.343 e. The van der Waals surface area contributed by atoms with Gasteiger partial charge in [-0.15, -0.1) is 68.0 Å². The third-order valence-electron chi connectivity index (χ3n) is 21.5. The molecule has 4 atom stereocenters. The van der Waals surface area contributed by atoms with Gasteiger partial charge in [-0.2, -0.15) is 0 Å². The molecule has 0 aliphatic carbocycles. The number of fused-ring (bicyclic) bond motifs is 6. The molecule has 2 aliphatic rings. The third-order valence-corrected chi connectivity index (χ3v) is 27.0. The molecule has 18 aromatic heterocycles. The fourth-order valence-corrected chi connectivity index (χ4v) is 18.8. The Hall–Kier alpha value is -14.5. The summed E-state index contributed by atoms with van der Waals surface area (Å²) in [6, 6.07) is 19.0. The molecule has 0 saturated carbocycles. The van der Waals surface area contributed by atoms with E-state index in [0.717, 1.165) is 42.4 Å². The summed E-state index contributed by atoms with van der Waals surface area (Å²) in [5.41, 5.74) is -2.09. The number of nitrogens with zero attached hydrogens (tertiary/aromatic N) is 20. The lowest BCUT2D eigenvalue weighted by atomic mass is 10.0. The van der Waals surface area contributed by atoms with Gasteiger partial charge in [-0.05, 0) is 117 Å². The molecule has 2 fully saturated rings. The first-order chi connectivity index (χ1) is 66.4. The number of pyridine rings is 12. The molecule has 2 aliphatic heterocycles. The Bertz CT molecular complexity index is 7950. The Kier molecular flexibility index (Phi) is 43.7. The van der Waals surface area contributed by atoms with Gasteiger partial charge in [0.05, 0.1) is 52.1 Å². The lowest BCUT2D eigenvalue weighted by Crippen LogP contribution is -2.23. The molecule has 0 bridgehead atoms. The molecule has 20 heterocycles. The van der Waals surface area contributed by atoms with Gasteiger partial charge in [0.1, 0.15) is 71.4 Å². The Morgan fingerprint density at radius 1 is 0.347 bits per heavy atom. The van der Waals surface area contributed by atoms with E-state index < -0.39 is 62.9 Å². The molecular formula is C99H108Cl4N20O18S6. The number of carbonyl (C=O) groups is 6. The van der Waals surface area contributed by atoms with Crippen molar-refractivity contribution in [3.05, 3.63) is 289 Å². The first-order valence-electron chi connectivity index (χ1n) is 41.4. The largest absolute Gasteiger partial charge is 0.506 e. The van der Waals surface area contributed by atoms with E-state index in [2.05, 4.69) is 87.3 Å². The van der Waals surface area contributed by atoms with Crippen LogP contribution in [0.5, 0.6) is 5.75 Å². The minimum Gasteiger partial charge on any atom is -0.506 e. The van der Waals surface area contributed by atoms with Gasteiger partial charge in [0.25, 0.3) is 5.56 Å². The zero-order valence-corrected chi connectivity index (χ0v) is 80.9. The molecule has 0 spiro atoms. The van der Waals surface area contributed by atoms with E-state index in [-0.39, 0.29) is 184 Å². The fraction of sp³-hybridized carbons (Fsp3) is 0.273. The molecule has 0 unspecified atom stereocenters. The van der Waals surface area contributed by atoms with Crippen molar-refractivity contribution in [2.45, 2.75) is 115 Å². The molecule has 0 radical (unpaired) electrons. The Morgan fingerprint density at radius 2 is 0.578 bits per heavy atom. The number of ether oxygens (including phenoxy) is 3. The van der Waals surface area contributed by atoms with Crippen LogP contribution in [0.15, 0.2) is 202 Å². The molecule has 0 aromatic carbocycles. The Labute approximate surface area is 887 Å². The lowest BCUT2D eigenvalue weighted by molar-refractivity contribution is 0.0514. The van der Waals surface area contributed by atoms with Gasteiger partial charge >= 0.3 is 29.8 Å². The maximum atomic E-state index is 12.9. The van der Waals surface area contributed by atoms with Crippen LogP contribution in [0.3, 0.4) is 0 Å². The summed E-state index contributed by atoms with van der Waals surface area (Å²) in [5, 5.41) is 44.9. The highest BCUT2D eigenvalue weighted by Gasteiger charge is 2.32. The first-order valence-corrected chi connectivity index (χ1v) is 48.2. The van der Waals surface area contributed by atoms with Gasteiger partial charge < -0.3 is 39.3 Å². The van der Waals surface area contributed by atoms with Crippen LogP contribution in [-0.4, -0.2) is 185 Å². The van der Waals surface area contributed by atoms with Gasteiger partial charge in [-0.3, -0.25) is 56.4 Å². The van der Waals surface area contributed by atoms with Crippen molar-refractivity contribution in [3.63, 3.8) is 0 Å². The zero-order valence-electron chi connectivity index (χ0n) is 73.0. The number of carbonyl (C=O) groups excluding carboxylic acids is 4. The minimum atomic E-state index is -1.29. The Morgan fingerprint density at radius 3 is 0.823 bits per heavy atom. The highest BCUT2D eigenvalue weighted by molar-refractivity contribution is 7.13. The lowest BCUT2D eigenvalue weighted by Gasteiger charge is -2.18. The van der Waals surface area contributed by atoms with Crippen molar-refractivity contribution in [3.8, 4) is 36.5 Å². The number of hydrogen-bond acceptors (Lipinski definition) is 36. The number of aldehydes is 1. The van der Waals surface area contributed by atoms with E-state index in [9.17, 15) is 67.7 Å². The van der Waals surface area contributed by atoms with Crippen LogP contribution in [0.2, 0.25) is 20.6 Å². The average molecular weight is 2200 g/mol. The summed E-state index contributed by atoms with van der Waals surface area (Å²) < 4.78 is 24.0. The number of hydrogen-bond donors (Lipinski definition) is 3. The van der Waals surface area contributed by atoms with Crippen LogP contribution in [-0.2, 0) is 14.2 Å². The average Bonchev–Trinajstić information content (AvgIpc) is 1.76. The van der Waals surface area contributed by atoms with Crippen molar-refractivity contribution in [1.82, 2.24) is 87.2 Å². The van der Waals surface area contributed by atoms with Gasteiger partial charge in [0.2, 0.25) is 27.1 Å². The molecule has 38 nitrogen and oxygen atoms in total. The monoisotopic (exact) mass is 2200 g/mol. The fourth-order valence-electron chi connectivity index (χ4n) is 14.5. The number of halogens is 4. The second kappa shape index (κ2) is 53.0. The van der Waals surface area contributed by atoms with E-state index >= 15 is 0 Å². The molecule has 48 heteroatoms. The van der Waals surface area contributed by atoms with Crippen LogP contribution in [0.1, 0.15) is 177 Å². The summed E-state index contributed by atoms with van der Waals surface area (Å²) in [6.07, 6.45) is 16.8. The summed E-state index contributed by atoms with van der Waals surface area (Å²) >= 11 is 31.5. The maximum absolute atomic E-state index is 12.9. The minimum absolute atomic E-state index is 0. The highest BCUT2D eigenvalue weighted by atomic mass is 35.5. The SMILES string of the molecule is C.C.C.C.C.C.C.C.C.CCOC(=O)c1cn(-c2nccs2)c2nc(Cl)ccc2c1=O.CCOC(=O)c1cn(-c2nccs2)c2nc(Cl)ccc2c1=O.CCOC(=O)c1cn(-c2nccs2)c2nc(N3C[C@H](C)[C@@H](C)C3)ccc2c1=O.C[C@H]1CN(c2ccc3c(=O)c(C(=O)O)cn(-c4nccs4)c3n2)C[C@@H]1C.O=C(O)c1cn(-c2nccs2)c2nc(Cl)ccc2c1=O.O=Cc1c(O)c2ccc(Cl)nc2n(-c2nccs2)c1=O. The number of thiazole rings is 6. The number of esters is 3. The predicted octanol–water partition coefficient (Wildman–Crippen LogP) is 21.0. The van der Waals surface area contributed by atoms with E-state index in [1.54, 1.807) is 127 Å². The quantitative estimate of drug-likeness (QED) is 0.0330. The van der Waals surface area contributed by atoms with Crippen LogP contribution < -0.4 is 42.5 Å². The topological polar surface area (TPSA) is 484 Å². The number of carboxylic acid groups (broad SMARTS) is 2. The third kappa shape index (κ3) is 25.8. The first kappa shape index (κ1) is 121. The number of aromatic nitrogens is 18. The van der Waals surface area contributed by atoms with Crippen LogP contribution in [0.25, 0.3) is 97.0 Å². The van der Waals surface area contributed by atoms with Crippen molar-refractivity contribution >= 4 is 228 Å². The number of aromatic hydroxyl groups is 1. The van der Waals surface area contributed by atoms with Crippen molar-refractivity contribution < 1.29 is 58.3 Å². The molecule has 2 saturated heterocycles. The predicted molar refractivity (Wildman–Crippen MR) is 589 cm³/mol. The highest BCUT2D eigenvalue weighted by Crippen LogP contribution is 2.34. The normalized spacial score (nSPS) is 13.4. The van der Waals surface area contributed by atoms with Gasteiger partial charge in [-0.1, -0.05) is 141 Å². The summed E-state index contributed by atoms with van der Waals surface area (Å²) in [5.74, 6) is -0.988. The van der Waals surface area contributed by atoms with Gasteiger partial charge in [-0.25, -0.2) is 88.3 Å². The summed E-state index contributed by atoms with van der Waals surface area (Å²) in [4.78, 5) is 200. The van der Waals surface area contributed by atoms with E-state index in [4.69, 9.17) is 75.7 Å².